The van der Waals surface area contributed by atoms with E-state index in [4.69, 9.17) is 16.3 Å². The SMILES string of the molecule is CCNC(C)c1cc(Cl)ccc1OCCCC(=O)NC. The van der Waals surface area contributed by atoms with E-state index in [9.17, 15) is 4.79 Å². The predicted molar refractivity (Wildman–Crippen MR) is 82.3 cm³/mol. The summed E-state index contributed by atoms with van der Waals surface area (Å²) in [5.41, 5.74) is 1.04. The zero-order valence-corrected chi connectivity index (χ0v) is 13.1. The molecule has 1 aromatic carbocycles. The van der Waals surface area contributed by atoms with E-state index in [2.05, 4.69) is 24.5 Å². The molecule has 112 valence electrons. The Bertz CT molecular complexity index is 438. The minimum atomic E-state index is 0.0333. The van der Waals surface area contributed by atoms with Crippen LogP contribution in [0.15, 0.2) is 18.2 Å². The molecule has 20 heavy (non-hydrogen) atoms. The summed E-state index contributed by atoms with van der Waals surface area (Å²) in [4.78, 5) is 11.1. The van der Waals surface area contributed by atoms with Crippen molar-refractivity contribution in [2.24, 2.45) is 0 Å². The highest BCUT2D eigenvalue weighted by atomic mass is 35.5. The monoisotopic (exact) mass is 298 g/mol. The molecule has 0 radical (unpaired) electrons. The summed E-state index contributed by atoms with van der Waals surface area (Å²) in [6, 6.07) is 5.79. The molecule has 0 aliphatic heterocycles. The van der Waals surface area contributed by atoms with Crippen molar-refractivity contribution >= 4 is 17.5 Å². The summed E-state index contributed by atoms with van der Waals surface area (Å²) >= 11 is 6.05. The van der Waals surface area contributed by atoms with Crippen molar-refractivity contribution < 1.29 is 9.53 Å². The van der Waals surface area contributed by atoms with Crippen LogP contribution in [0.25, 0.3) is 0 Å². The number of halogens is 1. The van der Waals surface area contributed by atoms with Crippen molar-refractivity contribution in [3.63, 3.8) is 0 Å². The van der Waals surface area contributed by atoms with Gasteiger partial charge in [0.1, 0.15) is 5.75 Å². The molecule has 0 fully saturated rings. The van der Waals surface area contributed by atoms with Crippen molar-refractivity contribution in [1.29, 1.82) is 0 Å². The Kier molecular flexibility index (Phi) is 7.41. The highest BCUT2D eigenvalue weighted by Gasteiger charge is 2.11. The minimum absolute atomic E-state index is 0.0333. The van der Waals surface area contributed by atoms with Gasteiger partial charge >= 0.3 is 0 Å². The largest absolute Gasteiger partial charge is 0.493 e. The number of benzene rings is 1. The van der Waals surface area contributed by atoms with Gasteiger partial charge in [0.25, 0.3) is 0 Å². The molecular weight excluding hydrogens is 276 g/mol. The number of carbonyl (C=O) groups excluding carboxylic acids is 1. The van der Waals surface area contributed by atoms with Gasteiger partial charge in [-0.3, -0.25) is 4.79 Å². The van der Waals surface area contributed by atoms with Crippen LogP contribution in [0.2, 0.25) is 5.02 Å². The molecule has 1 atom stereocenters. The van der Waals surface area contributed by atoms with Crippen LogP contribution in [0, 0.1) is 0 Å². The van der Waals surface area contributed by atoms with Gasteiger partial charge in [-0.2, -0.15) is 0 Å². The number of hydrogen-bond acceptors (Lipinski definition) is 3. The summed E-state index contributed by atoms with van der Waals surface area (Å²) in [6.07, 6.45) is 1.17. The van der Waals surface area contributed by atoms with Gasteiger partial charge in [0.05, 0.1) is 6.61 Å². The number of amides is 1. The van der Waals surface area contributed by atoms with Crippen LogP contribution in [0.1, 0.15) is 38.3 Å². The number of ether oxygens (including phenoxy) is 1. The van der Waals surface area contributed by atoms with Crippen LogP contribution in [-0.2, 0) is 4.79 Å². The number of hydrogen-bond donors (Lipinski definition) is 2. The van der Waals surface area contributed by atoms with E-state index >= 15 is 0 Å². The molecule has 0 saturated carbocycles. The van der Waals surface area contributed by atoms with Crippen LogP contribution >= 0.6 is 11.6 Å². The quantitative estimate of drug-likeness (QED) is 0.726. The number of nitrogens with one attached hydrogen (secondary N) is 2. The highest BCUT2D eigenvalue weighted by Crippen LogP contribution is 2.28. The van der Waals surface area contributed by atoms with Crippen molar-refractivity contribution in [3.8, 4) is 5.75 Å². The average molecular weight is 299 g/mol. The first-order valence-electron chi connectivity index (χ1n) is 6.94. The summed E-state index contributed by atoms with van der Waals surface area (Å²) in [5.74, 6) is 0.853. The van der Waals surface area contributed by atoms with Gasteiger partial charge < -0.3 is 15.4 Å². The van der Waals surface area contributed by atoms with Gasteiger partial charge in [-0.05, 0) is 38.1 Å². The fraction of sp³-hybridized carbons (Fsp3) is 0.533. The maximum atomic E-state index is 11.1. The Morgan fingerprint density at radius 2 is 2.20 bits per heavy atom. The molecule has 0 spiro atoms. The van der Waals surface area contributed by atoms with Gasteiger partial charge in [0, 0.05) is 30.1 Å². The maximum Gasteiger partial charge on any atom is 0.219 e. The molecule has 5 heteroatoms. The van der Waals surface area contributed by atoms with Crippen LogP contribution in [0.4, 0.5) is 0 Å². The number of carbonyl (C=O) groups is 1. The first kappa shape index (κ1) is 16.8. The molecule has 1 unspecified atom stereocenters. The first-order valence-corrected chi connectivity index (χ1v) is 7.32. The van der Waals surface area contributed by atoms with Crippen molar-refractivity contribution in [1.82, 2.24) is 10.6 Å². The van der Waals surface area contributed by atoms with Crippen LogP contribution < -0.4 is 15.4 Å². The number of rotatable bonds is 8. The average Bonchev–Trinajstić information content (AvgIpc) is 2.44. The summed E-state index contributed by atoms with van der Waals surface area (Å²) in [6.45, 7) is 5.53. The predicted octanol–water partition coefficient (Wildman–Crippen LogP) is 2.92. The molecule has 0 heterocycles. The van der Waals surface area contributed by atoms with E-state index < -0.39 is 0 Å². The molecule has 1 rings (SSSR count). The van der Waals surface area contributed by atoms with Crippen molar-refractivity contribution in [2.45, 2.75) is 32.7 Å². The molecule has 0 aromatic heterocycles. The third kappa shape index (κ3) is 5.39. The molecular formula is C15H23ClN2O2. The second-order valence-electron chi connectivity index (χ2n) is 4.59. The van der Waals surface area contributed by atoms with Crippen molar-refractivity contribution in [2.75, 3.05) is 20.2 Å². The van der Waals surface area contributed by atoms with E-state index in [0.717, 1.165) is 17.9 Å². The van der Waals surface area contributed by atoms with Crippen LogP contribution in [0.5, 0.6) is 5.75 Å². The smallest absolute Gasteiger partial charge is 0.219 e. The minimum Gasteiger partial charge on any atom is -0.493 e. The Morgan fingerprint density at radius 3 is 2.85 bits per heavy atom. The van der Waals surface area contributed by atoms with E-state index in [0.29, 0.717) is 24.5 Å². The second kappa shape index (κ2) is 8.82. The first-order chi connectivity index (χ1) is 9.58. The van der Waals surface area contributed by atoms with Crippen LogP contribution in [0.3, 0.4) is 0 Å². The lowest BCUT2D eigenvalue weighted by Gasteiger charge is -2.18. The maximum absolute atomic E-state index is 11.1. The lowest BCUT2D eigenvalue weighted by molar-refractivity contribution is -0.120. The Labute approximate surface area is 125 Å². The summed E-state index contributed by atoms with van der Waals surface area (Å²) in [5, 5.41) is 6.64. The molecule has 4 nitrogen and oxygen atoms in total. The lowest BCUT2D eigenvalue weighted by atomic mass is 10.1. The molecule has 1 aromatic rings. The summed E-state index contributed by atoms with van der Waals surface area (Å²) in [7, 11) is 1.64. The standard InChI is InChI=1S/C15H23ClN2O2/c1-4-18-11(2)13-10-12(16)7-8-14(13)20-9-5-6-15(19)17-3/h7-8,10-11,18H,4-6,9H2,1-3H3,(H,17,19). The Hall–Kier alpha value is -1.26. The Morgan fingerprint density at radius 1 is 1.45 bits per heavy atom. The highest BCUT2D eigenvalue weighted by molar-refractivity contribution is 6.30. The molecule has 0 aliphatic rings. The Balaban J connectivity index is 2.62. The normalized spacial score (nSPS) is 12.0. The van der Waals surface area contributed by atoms with E-state index in [1.165, 1.54) is 0 Å². The zero-order chi connectivity index (χ0) is 15.0. The molecule has 0 saturated heterocycles. The summed E-state index contributed by atoms with van der Waals surface area (Å²) < 4.78 is 5.78. The molecule has 1 amide bonds. The van der Waals surface area contributed by atoms with Gasteiger partial charge in [0.15, 0.2) is 0 Å². The fourth-order valence-corrected chi connectivity index (χ4v) is 2.13. The lowest BCUT2D eigenvalue weighted by Crippen LogP contribution is -2.19. The third-order valence-electron chi connectivity index (χ3n) is 3.03. The zero-order valence-electron chi connectivity index (χ0n) is 12.3. The second-order valence-corrected chi connectivity index (χ2v) is 5.02. The van der Waals surface area contributed by atoms with Crippen molar-refractivity contribution in [3.05, 3.63) is 28.8 Å². The third-order valence-corrected chi connectivity index (χ3v) is 3.27. The van der Waals surface area contributed by atoms with E-state index in [1.54, 1.807) is 7.05 Å². The van der Waals surface area contributed by atoms with Gasteiger partial charge in [-0.15, -0.1) is 0 Å². The topological polar surface area (TPSA) is 50.4 Å². The van der Waals surface area contributed by atoms with Gasteiger partial charge in [0.2, 0.25) is 5.91 Å². The van der Waals surface area contributed by atoms with E-state index in [-0.39, 0.29) is 11.9 Å². The molecule has 0 aliphatic carbocycles. The van der Waals surface area contributed by atoms with Gasteiger partial charge in [-0.25, -0.2) is 0 Å². The van der Waals surface area contributed by atoms with E-state index in [1.807, 2.05) is 18.2 Å². The fourth-order valence-electron chi connectivity index (χ4n) is 1.95. The van der Waals surface area contributed by atoms with Gasteiger partial charge in [-0.1, -0.05) is 18.5 Å². The molecule has 0 bridgehead atoms. The van der Waals surface area contributed by atoms with Crippen LogP contribution in [-0.4, -0.2) is 26.1 Å². The molecule has 2 N–H and O–H groups in total.